The molecule has 206 valence electrons. The molecule has 0 fully saturated rings. The summed E-state index contributed by atoms with van der Waals surface area (Å²) in [5.41, 5.74) is -2.75. The number of benzene rings is 3. The van der Waals surface area contributed by atoms with Gasteiger partial charge in [0.15, 0.2) is 0 Å². The first-order valence-corrected chi connectivity index (χ1v) is 12.2. The molecular formula is C30H28F6N2O. The summed E-state index contributed by atoms with van der Waals surface area (Å²) >= 11 is 0. The molecule has 0 heterocycles. The highest BCUT2D eigenvalue weighted by Crippen LogP contribution is 2.44. The number of nitrogens with one attached hydrogen (secondary N) is 2. The van der Waals surface area contributed by atoms with Crippen LogP contribution in [0.5, 0.6) is 0 Å². The van der Waals surface area contributed by atoms with E-state index in [1.165, 1.54) is 12.1 Å². The van der Waals surface area contributed by atoms with Crippen molar-refractivity contribution in [2.45, 2.75) is 52.5 Å². The minimum atomic E-state index is -4.98. The van der Waals surface area contributed by atoms with Crippen molar-refractivity contribution >= 4 is 17.3 Å². The minimum Gasteiger partial charge on any atom is -0.383 e. The fraction of sp³-hybridized carbons (Fsp3) is 0.300. The highest BCUT2D eigenvalue weighted by molar-refractivity contribution is 6.04. The van der Waals surface area contributed by atoms with Gasteiger partial charge >= 0.3 is 12.4 Å². The number of amides is 1. The molecule has 2 N–H and O–H groups in total. The lowest BCUT2D eigenvalue weighted by molar-refractivity contribution is -0.139. The van der Waals surface area contributed by atoms with E-state index in [-0.39, 0.29) is 28.9 Å². The predicted molar refractivity (Wildman–Crippen MR) is 141 cm³/mol. The lowest BCUT2D eigenvalue weighted by Gasteiger charge is -2.20. The Balaban J connectivity index is 1.99. The molecule has 0 aliphatic rings. The lowest BCUT2D eigenvalue weighted by Crippen LogP contribution is -2.15. The Hall–Kier alpha value is -3.93. The summed E-state index contributed by atoms with van der Waals surface area (Å²) in [6, 6.07) is 12.3. The van der Waals surface area contributed by atoms with Gasteiger partial charge in [-0.15, -0.1) is 11.8 Å². The molecule has 3 rings (SSSR count). The highest BCUT2D eigenvalue weighted by Gasteiger charge is 2.39. The third-order valence-electron chi connectivity index (χ3n) is 5.78. The van der Waals surface area contributed by atoms with E-state index >= 15 is 0 Å². The number of rotatable bonds is 7. The zero-order valence-corrected chi connectivity index (χ0v) is 21.8. The average molecular weight is 547 g/mol. The van der Waals surface area contributed by atoms with E-state index in [0.717, 1.165) is 29.8 Å². The molecule has 1 amide bonds. The van der Waals surface area contributed by atoms with Gasteiger partial charge in [0.1, 0.15) is 0 Å². The fourth-order valence-electron chi connectivity index (χ4n) is 4.22. The molecule has 0 saturated heterocycles. The van der Waals surface area contributed by atoms with Gasteiger partial charge in [-0.3, -0.25) is 4.79 Å². The Morgan fingerprint density at radius 2 is 1.38 bits per heavy atom. The summed E-state index contributed by atoms with van der Waals surface area (Å²) in [7, 11) is 0. The summed E-state index contributed by atoms with van der Waals surface area (Å²) < 4.78 is 83.9. The summed E-state index contributed by atoms with van der Waals surface area (Å²) in [4.78, 5) is 12.8. The number of hydrogen-bond donors (Lipinski definition) is 2. The van der Waals surface area contributed by atoms with Crippen molar-refractivity contribution in [3.8, 4) is 23.0 Å². The van der Waals surface area contributed by atoms with Gasteiger partial charge in [-0.05, 0) is 80.3 Å². The molecule has 1 unspecified atom stereocenters. The van der Waals surface area contributed by atoms with Crippen molar-refractivity contribution < 1.29 is 31.1 Å². The number of anilines is 2. The topological polar surface area (TPSA) is 41.1 Å². The Morgan fingerprint density at radius 1 is 0.821 bits per heavy atom. The number of carbonyl (C=O) groups is 1. The molecule has 9 heteroatoms. The standard InChI is InChI=1S/C30H28F6N2O/c1-5-7-19(4)14-20-8-6-9-21(15-20)28(39)38-23-11-13-25(27(17-23)30(34,35)36)24-12-10-22(37-18(2)3)16-26(24)29(31,32)33/h6,8-13,15-19,37H,14H2,1-4H3,(H,38,39). The quantitative estimate of drug-likeness (QED) is 0.230. The molecule has 0 aromatic heterocycles. The SMILES string of the molecule is CC#CC(C)Cc1cccc(C(=O)Nc2ccc(-c3ccc(NC(C)C)cc3C(F)(F)F)c(C(F)(F)F)c2)c1. The first-order chi connectivity index (χ1) is 18.2. The van der Waals surface area contributed by atoms with Gasteiger partial charge in [0.2, 0.25) is 0 Å². The molecule has 3 aromatic rings. The Bertz CT molecular complexity index is 1400. The van der Waals surface area contributed by atoms with Crippen LogP contribution in [-0.2, 0) is 18.8 Å². The first kappa shape index (κ1) is 29.6. The fourth-order valence-corrected chi connectivity index (χ4v) is 4.22. The van der Waals surface area contributed by atoms with Gasteiger partial charge in [0, 0.05) is 28.9 Å². The molecule has 39 heavy (non-hydrogen) atoms. The van der Waals surface area contributed by atoms with Crippen molar-refractivity contribution in [3.63, 3.8) is 0 Å². The second kappa shape index (κ2) is 11.9. The molecule has 0 spiro atoms. The Morgan fingerprint density at radius 3 is 1.92 bits per heavy atom. The van der Waals surface area contributed by atoms with Crippen LogP contribution >= 0.6 is 0 Å². The molecular weight excluding hydrogens is 518 g/mol. The van der Waals surface area contributed by atoms with Gasteiger partial charge < -0.3 is 10.6 Å². The number of alkyl halides is 6. The highest BCUT2D eigenvalue weighted by atomic mass is 19.4. The normalized spacial score (nSPS) is 12.5. The van der Waals surface area contributed by atoms with E-state index in [1.54, 1.807) is 32.9 Å². The summed E-state index contributed by atoms with van der Waals surface area (Å²) in [6.07, 6.45) is -9.29. The summed E-state index contributed by atoms with van der Waals surface area (Å²) in [5, 5.41) is 5.26. The second-order valence-electron chi connectivity index (χ2n) is 9.47. The maximum atomic E-state index is 14.1. The van der Waals surface area contributed by atoms with E-state index < -0.39 is 40.5 Å². The molecule has 0 aliphatic heterocycles. The van der Waals surface area contributed by atoms with Crippen molar-refractivity contribution in [3.05, 3.63) is 82.9 Å². The van der Waals surface area contributed by atoms with E-state index in [4.69, 9.17) is 0 Å². The smallest absolute Gasteiger partial charge is 0.383 e. The third kappa shape index (κ3) is 7.79. The number of carbonyl (C=O) groups excluding carboxylic acids is 1. The van der Waals surface area contributed by atoms with E-state index in [1.807, 2.05) is 13.0 Å². The van der Waals surface area contributed by atoms with E-state index in [0.29, 0.717) is 12.5 Å². The molecule has 1 atom stereocenters. The maximum absolute atomic E-state index is 14.1. The zero-order valence-electron chi connectivity index (χ0n) is 21.8. The van der Waals surface area contributed by atoms with Gasteiger partial charge in [-0.1, -0.05) is 31.2 Å². The van der Waals surface area contributed by atoms with Crippen LogP contribution in [0.25, 0.3) is 11.1 Å². The second-order valence-corrected chi connectivity index (χ2v) is 9.47. The van der Waals surface area contributed by atoms with Crippen molar-refractivity contribution in [2.24, 2.45) is 5.92 Å². The van der Waals surface area contributed by atoms with Gasteiger partial charge in [-0.25, -0.2) is 0 Å². The van der Waals surface area contributed by atoms with Crippen LogP contribution in [0.3, 0.4) is 0 Å². The Kier molecular flexibility index (Phi) is 9.00. The van der Waals surface area contributed by atoms with Crippen LogP contribution < -0.4 is 10.6 Å². The average Bonchev–Trinajstić information content (AvgIpc) is 2.83. The zero-order chi connectivity index (χ0) is 29.0. The minimum absolute atomic E-state index is 0.0482. The summed E-state index contributed by atoms with van der Waals surface area (Å²) in [6.45, 7) is 7.12. The molecule has 3 aromatic carbocycles. The van der Waals surface area contributed by atoms with Crippen LogP contribution in [-0.4, -0.2) is 11.9 Å². The van der Waals surface area contributed by atoms with Crippen molar-refractivity contribution in [1.29, 1.82) is 0 Å². The van der Waals surface area contributed by atoms with Crippen molar-refractivity contribution in [1.82, 2.24) is 0 Å². The number of hydrogen-bond acceptors (Lipinski definition) is 2. The van der Waals surface area contributed by atoms with Crippen LogP contribution in [0, 0.1) is 17.8 Å². The largest absolute Gasteiger partial charge is 0.417 e. The maximum Gasteiger partial charge on any atom is 0.417 e. The lowest BCUT2D eigenvalue weighted by atomic mass is 9.93. The van der Waals surface area contributed by atoms with Crippen LogP contribution in [0.4, 0.5) is 37.7 Å². The van der Waals surface area contributed by atoms with Gasteiger partial charge in [0.05, 0.1) is 11.1 Å². The van der Waals surface area contributed by atoms with Crippen LogP contribution in [0.2, 0.25) is 0 Å². The molecule has 0 aliphatic carbocycles. The van der Waals surface area contributed by atoms with E-state index in [9.17, 15) is 31.1 Å². The van der Waals surface area contributed by atoms with E-state index in [2.05, 4.69) is 22.5 Å². The summed E-state index contributed by atoms with van der Waals surface area (Å²) in [5.74, 6) is 5.24. The van der Waals surface area contributed by atoms with Gasteiger partial charge in [-0.2, -0.15) is 26.3 Å². The van der Waals surface area contributed by atoms with Gasteiger partial charge in [0.25, 0.3) is 5.91 Å². The van der Waals surface area contributed by atoms with Crippen LogP contribution in [0.1, 0.15) is 54.7 Å². The third-order valence-corrected chi connectivity index (χ3v) is 5.78. The molecule has 0 bridgehead atoms. The monoisotopic (exact) mass is 546 g/mol. The predicted octanol–water partition coefficient (Wildman–Crippen LogP) is 8.67. The number of halogens is 6. The first-order valence-electron chi connectivity index (χ1n) is 12.2. The van der Waals surface area contributed by atoms with Crippen molar-refractivity contribution in [2.75, 3.05) is 10.6 Å². The molecule has 3 nitrogen and oxygen atoms in total. The Labute approximate surface area is 223 Å². The molecule has 0 radical (unpaired) electrons. The molecule has 0 saturated carbocycles. The van der Waals surface area contributed by atoms with Crippen LogP contribution in [0.15, 0.2) is 60.7 Å².